The molecule has 1 aliphatic rings. The first-order chi connectivity index (χ1) is 10.1. The summed E-state index contributed by atoms with van der Waals surface area (Å²) in [6.45, 7) is 5.44. The predicted octanol–water partition coefficient (Wildman–Crippen LogP) is 0.711. The molecule has 114 valence electrons. The standard InChI is InChI=1S/C15H21N3O3/c1-12-4-3-6-16-14(12)15(20)18-10-8-17(9-11-18)7-5-13(19)21-2/h3-4,6H,5,7-11H2,1-2H3. The number of aryl methyl sites for hydroxylation is 1. The summed E-state index contributed by atoms with van der Waals surface area (Å²) in [6.07, 6.45) is 2.04. The van der Waals surface area contributed by atoms with Gasteiger partial charge in [-0.2, -0.15) is 0 Å². The lowest BCUT2D eigenvalue weighted by Crippen LogP contribution is -2.49. The van der Waals surface area contributed by atoms with E-state index in [1.165, 1.54) is 7.11 Å². The van der Waals surface area contributed by atoms with E-state index in [1.807, 2.05) is 24.0 Å². The van der Waals surface area contributed by atoms with Crippen molar-refractivity contribution in [2.75, 3.05) is 39.8 Å². The summed E-state index contributed by atoms with van der Waals surface area (Å²) >= 11 is 0. The minimum absolute atomic E-state index is 0.0132. The smallest absolute Gasteiger partial charge is 0.306 e. The molecule has 0 N–H and O–H groups in total. The van der Waals surface area contributed by atoms with Gasteiger partial charge in [-0.1, -0.05) is 6.07 Å². The first-order valence-corrected chi connectivity index (χ1v) is 7.12. The van der Waals surface area contributed by atoms with Crippen LogP contribution in [0.5, 0.6) is 0 Å². The fraction of sp³-hybridized carbons (Fsp3) is 0.533. The Morgan fingerprint density at radius 3 is 2.62 bits per heavy atom. The number of pyridine rings is 1. The lowest BCUT2D eigenvalue weighted by atomic mass is 10.2. The second-order valence-corrected chi connectivity index (χ2v) is 5.13. The Balaban J connectivity index is 1.85. The van der Waals surface area contributed by atoms with Crippen LogP contribution < -0.4 is 0 Å². The number of carbonyl (C=O) groups is 2. The highest BCUT2D eigenvalue weighted by Crippen LogP contribution is 2.10. The molecule has 1 aromatic rings. The molecule has 1 aliphatic heterocycles. The number of rotatable bonds is 4. The van der Waals surface area contributed by atoms with E-state index in [1.54, 1.807) is 6.20 Å². The highest BCUT2D eigenvalue weighted by Gasteiger charge is 2.23. The molecule has 0 aliphatic carbocycles. The molecule has 0 bridgehead atoms. The topological polar surface area (TPSA) is 62.7 Å². The maximum atomic E-state index is 12.4. The number of amides is 1. The van der Waals surface area contributed by atoms with Gasteiger partial charge in [0, 0.05) is 38.9 Å². The summed E-state index contributed by atoms with van der Waals surface area (Å²) in [6, 6.07) is 3.73. The number of ether oxygens (including phenoxy) is 1. The van der Waals surface area contributed by atoms with Crippen molar-refractivity contribution >= 4 is 11.9 Å². The monoisotopic (exact) mass is 291 g/mol. The lowest BCUT2D eigenvalue weighted by Gasteiger charge is -2.34. The van der Waals surface area contributed by atoms with Gasteiger partial charge in [0.25, 0.3) is 5.91 Å². The molecule has 0 spiro atoms. The largest absolute Gasteiger partial charge is 0.469 e. The third kappa shape index (κ3) is 4.01. The van der Waals surface area contributed by atoms with Gasteiger partial charge in [0.1, 0.15) is 5.69 Å². The average molecular weight is 291 g/mol. The van der Waals surface area contributed by atoms with Gasteiger partial charge in [-0.3, -0.25) is 19.5 Å². The van der Waals surface area contributed by atoms with Gasteiger partial charge in [-0.05, 0) is 18.6 Å². The molecular formula is C15H21N3O3. The third-order valence-electron chi connectivity index (χ3n) is 3.73. The van der Waals surface area contributed by atoms with Crippen LogP contribution in [0.1, 0.15) is 22.5 Å². The number of nitrogens with zero attached hydrogens (tertiary/aromatic N) is 3. The molecule has 6 heteroatoms. The van der Waals surface area contributed by atoms with Gasteiger partial charge in [-0.25, -0.2) is 0 Å². The van der Waals surface area contributed by atoms with Crippen molar-refractivity contribution < 1.29 is 14.3 Å². The summed E-state index contributed by atoms with van der Waals surface area (Å²) in [5.41, 5.74) is 1.43. The number of piperazine rings is 1. The minimum atomic E-state index is -0.197. The summed E-state index contributed by atoms with van der Waals surface area (Å²) < 4.78 is 4.63. The van der Waals surface area contributed by atoms with Crippen molar-refractivity contribution in [3.05, 3.63) is 29.6 Å². The van der Waals surface area contributed by atoms with E-state index in [9.17, 15) is 9.59 Å². The van der Waals surface area contributed by atoms with E-state index in [-0.39, 0.29) is 11.9 Å². The third-order valence-corrected chi connectivity index (χ3v) is 3.73. The van der Waals surface area contributed by atoms with Crippen LogP contribution in [0, 0.1) is 6.92 Å². The molecule has 0 aromatic carbocycles. The molecule has 1 saturated heterocycles. The van der Waals surface area contributed by atoms with E-state index < -0.39 is 0 Å². The van der Waals surface area contributed by atoms with Crippen LogP contribution in [0.15, 0.2) is 18.3 Å². The first kappa shape index (κ1) is 15.4. The number of carbonyl (C=O) groups excluding carboxylic acids is 2. The fourth-order valence-electron chi connectivity index (χ4n) is 2.39. The molecule has 0 unspecified atom stereocenters. The van der Waals surface area contributed by atoms with Crippen molar-refractivity contribution in [3.63, 3.8) is 0 Å². The van der Waals surface area contributed by atoms with Crippen LogP contribution in [-0.4, -0.2) is 66.5 Å². The summed E-state index contributed by atoms with van der Waals surface area (Å²) in [5.74, 6) is -0.210. The van der Waals surface area contributed by atoms with Gasteiger partial charge in [-0.15, -0.1) is 0 Å². The van der Waals surface area contributed by atoms with Gasteiger partial charge < -0.3 is 9.64 Å². The quantitative estimate of drug-likeness (QED) is 0.765. The van der Waals surface area contributed by atoms with Gasteiger partial charge >= 0.3 is 5.97 Å². The van der Waals surface area contributed by atoms with Crippen LogP contribution in [0.4, 0.5) is 0 Å². The number of esters is 1. The molecule has 2 heterocycles. The van der Waals surface area contributed by atoms with Crippen molar-refractivity contribution in [3.8, 4) is 0 Å². The zero-order valence-corrected chi connectivity index (χ0v) is 12.5. The first-order valence-electron chi connectivity index (χ1n) is 7.12. The Morgan fingerprint density at radius 2 is 2.00 bits per heavy atom. The number of hydrogen-bond acceptors (Lipinski definition) is 5. The fourth-order valence-corrected chi connectivity index (χ4v) is 2.39. The average Bonchev–Trinajstić information content (AvgIpc) is 2.53. The molecule has 2 rings (SSSR count). The Kier molecular flexibility index (Phi) is 5.27. The summed E-state index contributed by atoms with van der Waals surface area (Å²) in [7, 11) is 1.40. The van der Waals surface area contributed by atoms with Crippen molar-refractivity contribution in [1.29, 1.82) is 0 Å². The Morgan fingerprint density at radius 1 is 1.29 bits per heavy atom. The van der Waals surface area contributed by atoms with Gasteiger partial charge in [0.15, 0.2) is 0 Å². The normalized spacial score (nSPS) is 15.8. The van der Waals surface area contributed by atoms with E-state index in [0.29, 0.717) is 31.7 Å². The number of methoxy groups -OCH3 is 1. The molecule has 0 radical (unpaired) electrons. The number of hydrogen-bond donors (Lipinski definition) is 0. The van der Waals surface area contributed by atoms with Crippen LogP contribution in [0.2, 0.25) is 0 Å². The molecule has 1 amide bonds. The van der Waals surface area contributed by atoms with Crippen LogP contribution in [0.3, 0.4) is 0 Å². The van der Waals surface area contributed by atoms with Gasteiger partial charge in [0.05, 0.1) is 13.5 Å². The highest BCUT2D eigenvalue weighted by atomic mass is 16.5. The second-order valence-electron chi connectivity index (χ2n) is 5.13. The maximum absolute atomic E-state index is 12.4. The molecule has 1 aromatic heterocycles. The van der Waals surface area contributed by atoms with E-state index >= 15 is 0 Å². The van der Waals surface area contributed by atoms with Crippen LogP contribution in [-0.2, 0) is 9.53 Å². The zero-order valence-electron chi connectivity index (χ0n) is 12.5. The number of aromatic nitrogens is 1. The summed E-state index contributed by atoms with van der Waals surface area (Å²) in [4.78, 5) is 31.7. The Bertz CT molecular complexity index is 511. The lowest BCUT2D eigenvalue weighted by molar-refractivity contribution is -0.141. The predicted molar refractivity (Wildman–Crippen MR) is 78.0 cm³/mol. The highest BCUT2D eigenvalue weighted by molar-refractivity contribution is 5.93. The van der Waals surface area contributed by atoms with Crippen LogP contribution >= 0.6 is 0 Å². The van der Waals surface area contributed by atoms with E-state index in [2.05, 4.69) is 14.6 Å². The molecule has 0 saturated carbocycles. The summed E-state index contributed by atoms with van der Waals surface area (Å²) in [5, 5.41) is 0. The molecule has 0 atom stereocenters. The van der Waals surface area contributed by atoms with Crippen molar-refractivity contribution in [2.24, 2.45) is 0 Å². The van der Waals surface area contributed by atoms with Crippen molar-refractivity contribution in [2.45, 2.75) is 13.3 Å². The van der Waals surface area contributed by atoms with Gasteiger partial charge in [0.2, 0.25) is 0 Å². The molecular weight excluding hydrogens is 270 g/mol. The molecule has 1 fully saturated rings. The van der Waals surface area contributed by atoms with E-state index in [4.69, 9.17) is 0 Å². The van der Waals surface area contributed by atoms with E-state index in [0.717, 1.165) is 18.7 Å². The molecule has 6 nitrogen and oxygen atoms in total. The Hall–Kier alpha value is -1.95. The second kappa shape index (κ2) is 7.17. The minimum Gasteiger partial charge on any atom is -0.469 e. The Labute approximate surface area is 124 Å². The molecule has 21 heavy (non-hydrogen) atoms. The van der Waals surface area contributed by atoms with Crippen molar-refractivity contribution in [1.82, 2.24) is 14.8 Å². The maximum Gasteiger partial charge on any atom is 0.306 e. The SMILES string of the molecule is COC(=O)CCN1CCN(C(=O)c2ncccc2C)CC1. The zero-order chi connectivity index (χ0) is 15.2. The van der Waals surface area contributed by atoms with Crippen LogP contribution in [0.25, 0.3) is 0 Å².